The predicted octanol–water partition coefficient (Wildman–Crippen LogP) is 1.98. The highest BCUT2D eigenvalue weighted by molar-refractivity contribution is 6.01. The smallest absolute Gasteiger partial charge is 0.224 e. The number of hydrogen-bond donors (Lipinski definition) is 1. The number of aromatic nitrogens is 2. The van der Waals surface area contributed by atoms with Crippen molar-refractivity contribution in [1.29, 1.82) is 0 Å². The second-order valence-corrected chi connectivity index (χ2v) is 3.20. The molecular weight excluding hydrogens is 190 g/mol. The molecule has 76 valence electrons. The van der Waals surface area contributed by atoms with Gasteiger partial charge in [0.2, 0.25) is 5.91 Å². The van der Waals surface area contributed by atoms with Gasteiger partial charge in [-0.2, -0.15) is 10.2 Å². The third-order valence-electron chi connectivity index (χ3n) is 2.19. The summed E-state index contributed by atoms with van der Waals surface area (Å²) in [7, 11) is 0. The van der Waals surface area contributed by atoms with Crippen molar-refractivity contribution < 1.29 is 4.79 Å². The Morgan fingerprint density at radius 3 is 2.93 bits per heavy atom. The molecule has 0 aliphatic carbocycles. The highest BCUT2D eigenvalue weighted by Gasteiger charge is 2.03. The van der Waals surface area contributed by atoms with Crippen LogP contribution in [0.4, 0.5) is 5.69 Å². The van der Waals surface area contributed by atoms with Gasteiger partial charge in [0.1, 0.15) is 0 Å². The van der Waals surface area contributed by atoms with E-state index >= 15 is 0 Å². The van der Waals surface area contributed by atoms with Crippen molar-refractivity contribution in [2.45, 2.75) is 13.3 Å². The fraction of sp³-hybridized carbons (Fsp3) is 0.182. The highest BCUT2D eigenvalue weighted by atomic mass is 16.1. The number of hydrogen-bond acceptors (Lipinski definition) is 3. The Labute approximate surface area is 87.3 Å². The summed E-state index contributed by atoms with van der Waals surface area (Å²) in [4.78, 5) is 11.3. The number of anilines is 1. The van der Waals surface area contributed by atoms with Crippen LogP contribution in [0.2, 0.25) is 0 Å². The number of rotatable bonds is 2. The molecular formula is C11H11N3O. The number of nitrogens with zero attached hydrogens (tertiary/aromatic N) is 2. The largest absolute Gasteiger partial charge is 0.325 e. The molecule has 1 amide bonds. The summed E-state index contributed by atoms with van der Waals surface area (Å²) >= 11 is 0. The van der Waals surface area contributed by atoms with E-state index in [1.807, 2.05) is 25.1 Å². The van der Waals surface area contributed by atoms with Gasteiger partial charge in [-0.3, -0.25) is 4.79 Å². The molecule has 2 rings (SSSR count). The lowest BCUT2D eigenvalue weighted by Gasteiger charge is -2.06. The summed E-state index contributed by atoms with van der Waals surface area (Å²) in [6.07, 6.45) is 3.80. The zero-order valence-corrected chi connectivity index (χ0v) is 8.40. The standard InChI is InChI=1S/C11H11N3O/c1-2-11(15)14-10-5-3-4-8-6-12-13-7-9(8)10/h3-7H,2H2,1H3,(H,14,15). The molecule has 0 fully saturated rings. The van der Waals surface area contributed by atoms with Gasteiger partial charge in [0.25, 0.3) is 0 Å². The molecule has 0 aliphatic rings. The van der Waals surface area contributed by atoms with Crippen molar-refractivity contribution >= 4 is 22.4 Å². The van der Waals surface area contributed by atoms with E-state index in [1.54, 1.807) is 12.4 Å². The molecule has 0 saturated carbocycles. The summed E-state index contributed by atoms with van der Waals surface area (Å²) < 4.78 is 0. The number of benzene rings is 1. The van der Waals surface area contributed by atoms with Crippen molar-refractivity contribution in [3.63, 3.8) is 0 Å². The first-order valence-electron chi connectivity index (χ1n) is 4.80. The molecule has 1 aromatic heterocycles. The highest BCUT2D eigenvalue weighted by Crippen LogP contribution is 2.21. The molecule has 4 heteroatoms. The molecule has 2 aromatic rings. The normalized spacial score (nSPS) is 10.2. The summed E-state index contributed by atoms with van der Waals surface area (Å²) in [6.45, 7) is 1.82. The Morgan fingerprint density at radius 2 is 2.13 bits per heavy atom. The van der Waals surface area contributed by atoms with Gasteiger partial charge >= 0.3 is 0 Å². The lowest BCUT2D eigenvalue weighted by molar-refractivity contribution is -0.115. The fourth-order valence-corrected chi connectivity index (χ4v) is 1.37. The molecule has 0 aliphatic heterocycles. The first-order valence-corrected chi connectivity index (χ1v) is 4.80. The SMILES string of the molecule is CCC(=O)Nc1cccc2cnncc12. The van der Waals surface area contributed by atoms with Crippen LogP contribution >= 0.6 is 0 Å². The topological polar surface area (TPSA) is 54.9 Å². The second kappa shape index (κ2) is 4.04. The van der Waals surface area contributed by atoms with Gasteiger partial charge in [-0.05, 0) is 6.07 Å². The maximum Gasteiger partial charge on any atom is 0.224 e. The van der Waals surface area contributed by atoms with Crippen molar-refractivity contribution in [3.8, 4) is 0 Å². The first kappa shape index (κ1) is 9.58. The third kappa shape index (κ3) is 1.93. The van der Waals surface area contributed by atoms with E-state index in [1.165, 1.54) is 0 Å². The van der Waals surface area contributed by atoms with Crippen LogP contribution in [0.1, 0.15) is 13.3 Å². The van der Waals surface area contributed by atoms with Crippen LogP contribution in [0.25, 0.3) is 10.8 Å². The van der Waals surface area contributed by atoms with Crippen molar-refractivity contribution in [3.05, 3.63) is 30.6 Å². The fourth-order valence-electron chi connectivity index (χ4n) is 1.37. The minimum absolute atomic E-state index is 0.000637. The van der Waals surface area contributed by atoms with Crippen LogP contribution < -0.4 is 5.32 Å². The quantitative estimate of drug-likeness (QED) is 0.808. The van der Waals surface area contributed by atoms with E-state index in [2.05, 4.69) is 15.5 Å². The molecule has 1 aromatic carbocycles. The average molecular weight is 201 g/mol. The maximum absolute atomic E-state index is 11.3. The number of amides is 1. The number of fused-ring (bicyclic) bond motifs is 1. The van der Waals surface area contributed by atoms with Crippen LogP contribution in [-0.2, 0) is 4.79 Å². The van der Waals surface area contributed by atoms with E-state index < -0.39 is 0 Å². The molecule has 0 radical (unpaired) electrons. The molecule has 4 nitrogen and oxygen atoms in total. The Hall–Kier alpha value is -1.97. The van der Waals surface area contributed by atoms with E-state index in [4.69, 9.17) is 0 Å². The van der Waals surface area contributed by atoms with Crippen LogP contribution in [-0.4, -0.2) is 16.1 Å². The predicted molar refractivity (Wildman–Crippen MR) is 58.5 cm³/mol. The molecule has 1 heterocycles. The minimum atomic E-state index is -0.000637. The summed E-state index contributed by atoms with van der Waals surface area (Å²) in [6, 6.07) is 5.68. The Bertz CT molecular complexity index is 491. The van der Waals surface area contributed by atoms with Gasteiger partial charge in [0.05, 0.1) is 18.1 Å². The number of nitrogens with one attached hydrogen (secondary N) is 1. The molecule has 0 saturated heterocycles. The van der Waals surface area contributed by atoms with Gasteiger partial charge < -0.3 is 5.32 Å². The van der Waals surface area contributed by atoms with Gasteiger partial charge in [-0.1, -0.05) is 19.1 Å². The molecule has 0 unspecified atom stereocenters. The molecule has 0 bridgehead atoms. The average Bonchev–Trinajstić information content (AvgIpc) is 2.29. The van der Waals surface area contributed by atoms with Gasteiger partial charge in [-0.15, -0.1) is 0 Å². The van der Waals surface area contributed by atoms with Crippen LogP contribution in [0, 0.1) is 0 Å². The number of carbonyl (C=O) groups excluding carboxylic acids is 1. The monoisotopic (exact) mass is 201 g/mol. The van der Waals surface area contributed by atoms with Gasteiger partial charge in [0.15, 0.2) is 0 Å². The zero-order valence-electron chi connectivity index (χ0n) is 8.40. The zero-order chi connectivity index (χ0) is 10.7. The molecule has 0 spiro atoms. The van der Waals surface area contributed by atoms with E-state index in [0.29, 0.717) is 6.42 Å². The van der Waals surface area contributed by atoms with E-state index in [9.17, 15) is 4.79 Å². The summed E-state index contributed by atoms with van der Waals surface area (Å²) in [5.74, 6) is -0.000637. The molecule has 15 heavy (non-hydrogen) atoms. The van der Waals surface area contributed by atoms with Crippen molar-refractivity contribution in [2.75, 3.05) is 5.32 Å². The van der Waals surface area contributed by atoms with Gasteiger partial charge in [0, 0.05) is 17.2 Å². The molecule has 1 N–H and O–H groups in total. The third-order valence-corrected chi connectivity index (χ3v) is 2.19. The summed E-state index contributed by atoms with van der Waals surface area (Å²) in [5.41, 5.74) is 0.786. The minimum Gasteiger partial charge on any atom is -0.325 e. The van der Waals surface area contributed by atoms with Crippen LogP contribution in [0.5, 0.6) is 0 Å². The second-order valence-electron chi connectivity index (χ2n) is 3.20. The Kier molecular flexibility index (Phi) is 2.58. The lowest BCUT2D eigenvalue weighted by atomic mass is 10.1. The Morgan fingerprint density at radius 1 is 1.33 bits per heavy atom. The first-order chi connectivity index (χ1) is 7.31. The van der Waals surface area contributed by atoms with Crippen LogP contribution in [0.15, 0.2) is 30.6 Å². The lowest BCUT2D eigenvalue weighted by Crippen LogP contribution is -2.09. The summed E-state index contributed by atoms with van der Waals surface area (Å²) in [5, 5.41) is 12.3. The maximum atomic E-state index is 11.3. The molecule has 0 atom stereocenters. The number of carbonyl (C=O) groups is 1. The van der Waals surface area contributed by atoms with Crippen molar-refractivity contribution in [2.24, 2.45) is 0 Å². The van der Waals surface area contributed by atoms with E-state index in [-0.39, 0.29) is 5.91 Å². The van der Waals surface area contributed by atoms with Gasteiger partial charge in [-0.25, -0.2) is 0 Å². The van der Waals surface area contributed by atoms with Crippen LogP contribution in [0.3, 0.4) is 0 Å². The Balaban J connectivity index is 2.46. The van der Waals surface area contributed by atoms with E-state index in [0.717, 1.165) is 16.5 Å². The van der Waals surface area contributed by atoms with Crippen molar-refractivity contribution in [1.82, 2.24) is 10.2 Å².